The Kier molecular flexibility index (Phi) is 4.53. The summed E-state index contributed by atoms with van der Waals surface area (Å²) in [7, 11) is 0. The average Bonchev–Trinajstić information content (AvgIpc) is 2.38. The van der Waals surface area contributed by atoms with Gasteiger partial charge in [0, 0.05) is 5.69 Å². The monoisotopic (exact) mass is 308 g/mol. The van der Waals surface area contributed by atoms with Gasteiger partial charge >= 0.3 is 0 Å². The Bertz CT molecular complexity index is 623. The van der Waals surface area contributed by atoms with E-state index in [2.05, 4.69) is 5.32 Å². The van der Waals surface area contributed by atoms with Crippen molar-refractivity contribution < 1.29 is 4.79 Å². The van der Waals surface area contributed by atoms with Crippen LogP contribution in [-0.4, -0.2) is 5.91 Å². The molecule has 0 spiro atoms. The number of amides is 1. The first-order valence-corrected chi connectivity index (χ1v) is 6.85. The first-order chi connectivity index (χ1) is 9.49. The molecule has 5 heteroatoms. The van der Waals surface area contributed by atoms with Crippen LogP contribution in [0.15, 0.2) is 42.5 Å². The topological polar surface area (TPSA) is 55.1 Å². The molecule has 20 heavy (non-hydrogen) atoms. The lowest BCUT2D eigenvalue weighted by atomic mass is 10.1. The SMILES string of the molecule is CC(NC(=O)c1c(Cl)cccc1Cl)c1cccc(N)c1. The van der Waals surface area contributed by atoms with Gasteiger partial charge in [-0.05, 0) is 36.8 Å². The Morgan fingerprint density at radius 2 is 1.75 bits per heavy atom. The second kappa shape index (κ2) is 6.16. The summed E-state index contributed by atoms with van der Waals surface area (Å²) in [6, 6.07) is 12.1. The van der Waals surface area contributed by atoms with Gasteiger partial charge in [-0.3, -0.25) is 4.79 Å². The summed E-state index contributed by atoms with van der Waals surface area (Å²) in [6.45, 7) is 1.87. The number of nitrogen functional groups attached to an aromatic ring is 1. The highest BCUT2D eigenvalue weighted by Gasteiger charge is 2.17. The fraction of sp³-hybridized carbons (Fsp3) is 0.133. The van der Waals surface area contributed by atoms with Gasteiger partial charge in [0.15, 0.2) is 0 Å². The molecule has 0 aliphatic heterocycles. The maximum Gasteiger partial charge on any atom is 0.254 e. The van der Waals surface area contributed by atoms with E-state index < -0.39 is 0 Å². The molecule has 0 heterocycles. The lowest BCUT2D eigenvalue weighted by Crippen LogP contribution is -2.27. The molecule has 0 aromatic heterocycles. The molecule has 1 unspecified atom stereocenters. The highest BCUT2D eigenvalue weighted by atomic mass is 35.5. The van der Waals surface area contributed by atoms with E-state index >= 15 is 0 Å². The second-order valence-corrected chi connectivity index (χ2v) is 5.28. The van der Waals surface area contributed by atoms with Gasteiger partial charge in [-0.15, -0.1) is 0 Å². The third-order valence-corrected chi connectivity index (χ3v) is 3.58. The van der Waals surface area contributed by atoms with E-state index in [-0.39, 0.29) is 17.5 Å². The summed E-state index contributed by atoms with van der Waals surface area (Å²) < 4.78 is 0. The molecule has 0 bridgehead atoms. The number of hydrogen-bond donors (Lipinski definition) is 2. The van der Waals surface area contributed by atoms with Gasteiger partial charge in [-0.2, -0.15) is 0 Å². The summed E-state index contributed by atoms with van der Waals surface area (Å²) >= 11 is 12.0. The maximum absolute atomic E-state index is 12.2. The molecule has 3 N–H and O–H groups in total. The third-order valence-electron chi connectivity index (χ3n) is 2.95. The molecule has 2 rings (SSSR count). The zero-order valence-electron chi connectivity index (χ0n) is 10.9. The fourth-order valence-corrected chi connectivity index (χ4v) is 2.46. The molecular formula is C15H14Cl2N2O. The molecule has 2 aromatic rings. The lowest BCUT2D eigenvalue weighted by molar-refractivity contribution is 0.0940. The Labute approximate surface area is 127 Å². The quantitative estimate of drug-likeness (QED) is 0.840. The van der Waals surface area contributed by atoms with Crippen LogP contribution in [0.3, 0.4) is 0 Å². The predicted octanol–water partition coefficient (Wildman–Crippen LogP) is 4.07. The number of nitrogens with two attached hydrogens (primary N) is 1. The van der Waals surface area contributed by atoms with Crippen molar-refractivity contribution in [1.29, 1.82) is 0 Å². The maximum atomic E-state index is 12.2. The van der Waals surface area contributed by atoms with Crippen molar-refractivity contribution in [3.05, 3.63) is 63.6 Å². The molecule has 0 aliphatic rings. The van der Waals surface area contributed by atoms with Gasteiger partial charge < -0.3 is 11.1 Å². The summed E-state index contributed by atoms with van der Waals surface area (Å²) in [5.41, 5.74) is 7.59. The summed E-state index contributed by atoms with van der Waals surface area (Å²) in [6.07, 6.45) is 0. The molecule has 2 aromatic carbocycles. The minimum Gasteiger partial charge on any atom is -0.399 e. The molecule has 1 amide bonds. The van der Waals surface area contributed by atoms with Crippen LogP contribution in [0, 0.1) is 0 Å². The van der Waals surface area contributed by atoms with E-state index in [0.29, 0.717) is 15.7 Å². The van der Waals surface area contributed by atoms with E-state index in [0.717, 1.165) is 5.56 Å². The van der Waals surface area contributed by atoms with Crippen molar-refractivity contribution in [3.63, 3.8) is 0 Å². The summed E-state index contributed by atoms with van der Waals surface area (Å²) in [5.74, 6) is -0.310. The highest BCUT2D eigenvalue weighted by Crippen LogP contribution is 2.25. The fourth-order valence-electron chi connectivity index (χ4n) is 1.90. The van der Waals surface area contributed by atoms with E-state index in [4.69, 9.17) is 28.9 Å². The normalized spacial score (nSPS) is 11.9. The average molecular weight is 309 g/mol. The number of rotatable bonds is 3. The predicted molar refractivity (Wildman–Crippen MR) is 83.2 cm³/mol. The number of halogens is 2. The standard InChI is InChI=1S/C15H14Cl2N2O/c1-9(10-4-2-5-11(18)8-10)19-15(20)14-12(16)6-3-7-13(14)17/h2-9H,18H2,1H3,(H,19,20). The van der Waals surface area contributed by atoms with Gasteiger partial charge in [0.25, 0.3) is 5.91 Å². The van der Waals surface area contributed by atoms with Gasteiger partial charge in [-0.25, -0.2) is 0 Å². The van der Waals surface area contributed by atoms with Crippen molar-refractivity contribution in [2.45, 2.75) is 13.0 Å². The number of carbonyl (C=O) groups excluding carboxylic acids is 1. The van der Waals surface area contributed by atoms with E-state index in [1.165, 1.54) is 0 Å². The smallest absolute Gasteiger partial charge is 0.254 e. The van der Waals surface area contributed by atoms with Crippen LogP contribution in [0.25, 0.3) is 0 Å². The summed E-state index contributed by atoms with van der Waals surface area (Å²) in [4.78, 5) is 12.2. The highest BCUT2D eigenvalue weighted by molar-refractivity contribution is 6.39. The van der Waals surface area contributed by atoms with E-state index in [1.807, 2.05) is 25.1 Å². The first kappa shape index (κ1) is 14.7. The lowest BCUT2D eigenvalue weighted by Gasteiger charge is -2.16. The van der Waals surface area contributed by atoms with Crippen molar-refractivity contribution in [2.24, 2.45) is 0 Å². The van der Waals surface area contributed by atoms with Crippen molar-refractivity contribution in [3.8, 4) is 0 Å². The van der Waals surface area contributed by atoms with Crippen molar-refractivity contribution >= 4 is 34.8 Å². The number of carbonyl (C=O) groups is 1. The molecule has 1 atom stereocenters. The number of benzene rings is 2. The molecule has 0 radical (unpaired) electrons. The Balaban J connectivity index is 2.20. The zero-order valence-corrected chi connectivity index (χ0v) is 12.4. The largest absolute Gasteiger partial charge is 0.399 e. The van der Waals surface area contributed by atoms with Crippen LogP contribution in [0.5, 0.6) is 0 Å². The molecule has 0 saturated carbocycles. The van der Waals surface area contributed by atoms with E-state index in [9.17, 15) is 4.79 Å². The van der Waals surface area contributed by atoms with Gasteiger partial charge in [0.1, 0.15) is 0 Å². The van der Waals surface area contributed by atoms with Crippen molar-refractivity contribution in [2.75, 3.05) is 5.73 Å². The second-order valence-electron chi connectivity index (χ2n) is 4.46. The zero-order chi connectivity index (χ0) is 14.7. The summed E-state index contributed by atoms with van der Waals surface area (Å²) in [5, 5.41) is 3.51. The number of anilines is 1. The van der Waals surface area contributed by atoms with Crippen molar-refractivity contribution in [1.82, 2.24) is 5.32 Å². The van der Waals surface area contributed by atoms with Crippen LogP contribution in [0.4, 0.5) is 5.69 Å². The Morgan fingerprint density at radius 1 is 1.15 bits per heavy atom. The molecular weight excluding hydrogens is 295 g/mol. The molecule has 0 aliphatic carbocycles. The molecule has 104 valence electrons. The van der Waals surface area contributed by atoms with Gasteiger partial charge in [0.05, 0.1) is 21.7 Å². The third kappa shape index (κ3) is 3.24. The van der Waals surface area contributed by atoms with Crippen LogP contribution >= 0.6 is 23.2 Å². The molecule has 3 nitrogen and oxygen atoms in total. The van der Waals surface area contributed by atoms with Crippen LogP contribution in [-0.2, 0) is 0 Å². The van der Waals surface area contributed by atoms with Crippen LogP contribution in [0.1, 0.15) is 28.9 Å². The molecule has 0 fully saturated rings. The number of hydrogen-bond acceptors (Lipinski definition) is 2. The van der Waals surface area contributed by atoms with Gasteiger partial charge in [0.2, 0.25) is 0 Å². The Hall–Kier alpha value is -1.71. The van der Waals surface area contributed by atoms with E-state index in [1.54, 1.807) is 24.3 Å². The minimum atomic E-state index is -0.310. The Morgan fingerprint density at radius 3 is 2.35 bits per heavy atom. The number of nitrogens with one attached hydrogen (secondary N) is 1. The van der Waals surface area contributed by atoms with Crippen LogP contribution in [0.2, 0.25) is 10.0 Å². The molecule has 0 saturated heterocycles. The van der Waals surface area contributed by atoms with Gasteiger partial charge in [-0.1, -0.05) is 41.4 Å². The minimum absolute atomic E-state index is 0.196. The first-order valence-electron chi connectivity index (χ1n) is 6.09. The van der Waals surface area contributed by atoms with Crippen LogP contribution < -0.4 is 11.1 Å².